The van der Waals surface area contributed by atoms with Crippen LogP contribution in [0.1, 0.15) is 5.56 Å². The van der Waals surface area contributed by atoms with Crippen molar-refractivity contribution in [3.63, 3.8) is 0 Å². The van der Waals surface area contributed by atoms with Crippen LogP contribution in [0.15, 0.2) is 84.0 Å². The molecule has 3 rings (SSSR count). The predicted molar refractivity (Wildman–Crippen MR) is 102 cm³/mol. The second-order valence-electron chi connectivity index (χ2n) is 5.48. The molecule has 0 spiro atoms. The van der Waals surface area contributed by atoms with Gasteiger partial charge in [0.05, 0.1) is 39.1 Å². The Balaban J connectivity index is 2.03. The van der Waals surface area contributed by atoms with E-state index in [1.165, 1.54) is 18.3 Å². The van der Waals surface area contributed by atoms with Gasteiger partial charge in [-0.2, -0.15) is 5.10 Å². The molecule has 0 atom stereocenters. The fourth-order valence-electron chi connectivity index (χ4n) is 2.45. The van der Waals surface area contributed by atoms with Crippen molar-refractivity contribution < 1.29 is 9.85 Å². The van der Waals surface area contributed by atoms with Gasteiger partial charge in [0.1, 0.15) is 0 Å². The first-order valence-electron chi connectivity index (χ1n) is 7.93. The lowest BCUT2D eigenvalue weighted by molar-refractivity contribution is -0.394. The highest BCUT2D eigenvalue weighted by Crippen LogP contribution is 2.27. The molecule has 0 saturated carbocycles. The maximum Gasteiger partial charge on any atom is 0.285 e. The van der Waals surface area contributed by atoms with Crippen LogP contribution in [0.5, 0.6) is 0 Å². The quantitative estimate of drug-likeness (QED) is 0.360. The van der Waals surface area contributed by atoms with E-state index in [1.54, 1.807) is 5.01 Å². The largest absolute Gasteiger partial charge is 0.285 e. The maximum absolute atomic E-state index is 11.3. The van der Waals surface area contributed by atoms with Gasteiger partial charge in [0, 0.05) is 6.07 Å². The van der Waals surface area contributed by atoms with Gasteiger partial charge >= 0.3 is 0 Å². The lowest BCUT2D eigenvalue weighted by atomic mass is 10.2. The van der Waals surface area contributed by atoms with E-state index in [9.17, 15) is 20.2 Å². The van der Waals surface area contributed by atoms with Crippen LogP contribution in [0.25, 0.3) is 0 Å². The smallest absolute Gasteiger partial charge is 0.258 e. The molecule has 0 radical (unpaired) electrons. The highest BCUT2D eigenvalue weighted by atomic mass is 16.6. The van der Waals surface area contributed by atoms with E-state index >= 15 is 0 Å². The molecule has 0 aliphatic rings. The molecule has 0 amide bonds. The summed E-state index contributed by atoms with van der Waals surface area (Å²) in [4.78, 5) is 20.8. The Hall–Kier alpha value is -4.07. The van der Waals surface area contributed by atoms with Crippen molar-refractivity contribution in [3.8, 4) is 0 Å². The average molecular weight is 362 g/mol. The minimum atomic E-state index is -0.672. The number of hydrazone groups is 1. The standard InChI is InChI=1S/C19H14N4O4/c24-22(25)18-12-11-15(19(13-18)23(26)27)14-20-21(16-7-3-1-4-8-16)17-9-5-2-6-10-17/h1-14H/b20-14+. The van der Waals surface area contributed by atoms with Crippen LogP contribution in [-0.2, 0) is 0 Å². The summed E-state index contributed by atoms with van der Waals surface area (Å²) in [6.07, 6.45) is 1.32. The Labute approximate surface area is 154 Å². The van der Waals surface area contributed by atoms with Gasteiger partial charge in [0.2, 0.25) is 0 Å². The lowest BCUT2D eigenvalue weighted by Gasteiger charge is -2.19. The number of nitro benzene ring substituents is 2. The van der Waals surface area contributed by atoms with Gasteiger partial charge in [0.25, 0.3) is 11.4 Å². The van der Waals surface area contributed by atoms with E-state index < -0.39 is 9.85 Å². The maximum atomic E-state index is 11.3. The summed E-state index contributed by atoms with van der Waals surface area (Å²) >= 11 is 0. The van der Waals surface area contributed by atoms with Gasteiger partial charge in [-0.3, -0.25) is 20.2 Å². The second-order valence-corrected chi connectivity index (χ2v) is 5.48. The Morgan fingerprint density at radius 1 is 0.778 bits per heavy atom. The van der Waals surface area contributed by atoms with E-state index in [0.717, 1.165) is 17.4 Å². The first-order chi connectivity index (χ1) is 13.1. The zero-order chi connectivity index (χ0) is 19.2. The molecule has 8 nitrogen and oxygen atoms in total. The fourth-order valence-corrected chi connectivity index (χ4v) is 2.45. The summed E-state index contributed by atoms with van der Waals surface area (Å²) in [7, 11) is 0. The van der Waals surface area contributed by atoms with Crippen molar-refractivity contribution in [2.24, 2.45) is 5.10 Å². The monoisotopic (exact) mass is 362 g/mol. The van der Waals surface area contributed by atoms with Gasteiger partial charge in [0.15, 0.2) is 0 Å². The van der Waals surface area contributed by atoms with Crippen LogP contribution < -0.4 is 5.01 Å². The van der Waals surface area contributed by atoms with Crippen LogP contribution in [0.3, 0.4) is 0 Å². The number of anilines is 2. The van der Waals surface area contributed by atoms with Crippen LogP contribution in [0.4, 0.5) is 22.7 Å². The third kappa shape index (κ3) is 4.13. The van der Waals surface area contributed by atoms with Crippen molar-refractivity contribution in [2.45, 2.75) is 0 Å². The molecule has 0 fully saturated rings. The molecule has 3 aromatic carbocycles. The van der Waals surface area contributed by atoms with E-state index in [2.05, 4.69) is 5.10 Å². The van der Waals surface area contributed by atoms with E-state index in [-0.39, 0.29) is 16.9 Å². The van der Waals surface area contributed by atoms with Crippen molar-refractivity contribution in [2.75, 3.05) is 5.01 Å². The zero-order valence-corrected chi connectivity index (χ0v) is 14.0. The molecule has 0 aliphatic carbocycles. The molecule has 0 aliphatic heterocycles. The molecule has 0 saturated heterocycles. The summed E-state index contributed by atoms with van der Waals surface area (Å²) in [6, 6.07) is 22.0. The van der Waals surface area contributed by atoms with Gasteiger partial charge in [-0.25, -0.2) is 5.01 Å². The van der Waals surface area contributed by atoms with Crippen LogP contribution >= 0.6 is 0 Å². The number of rotatable bonds is 6. The normalized spacial score (nSPS) is 10.7. The first-order valence-corrected chi connectivity index (χ1v) is 7.93. The molecule has 0 unspecified atom stereocenters. The van der Waals surface area contributed by atoms with E-state index in [4.69, 9.17) is 0 Å². The molecule has 8 heteroatoms. The number of para-hydroxylation sites is 2. The topological polar surface area (TPSA) is 102 Å². The molecule has 0 aromatic heterocycles. The molecule has 27 heavy (non-hydrogen) atoms. The molecule has 134 valence electrons. The fraction of sp³-hybridized carbons (Fsp3) is 0. The van der Waals surface area contributed by atoms with Gasteiger partial charge in [-0.05, 0) is 30.3 Å². The molecular weight excluding hydrogens is 348 g/mol. The van der Waals surface area contributed by atoms with Crippen molar-refractivity contribution in [1.29, 1.82) is 0 Å². The minimum absolute atomic E-state index is 0.169. The van der Waals surface area contributed by atoms with Gasteiger partial charge < -0.3 is 0 Å². The third-order valence-corrected chi connectivity index (χ3v) is 3.74. The Morgan fingerprint density at radius 2 is 1.33 bits per heavy atom. The number of non-ortho nitro benzene ring substituents is 1. The zero-order valence-electron chi connectivity index (χ0n) is 14.0. The van der Waals surface area contributed by atoms with Crippen molar-refractivity contribution in [3.05, 3.63) is 105 Å². The second kappa shape index (κ2) is 7.87. The Kier molecular flexibility index (Phi) is 5.17. The minimum Gasteiger partial charge on any atom is -0.258 e. The van der Waals surface area contributed by atoms with Crippen molar-refractivity contribution >= 4 is 29.0 Å². The van der Waals surface area contributed by atoms with Crippen LogP contribution in [-0.4, -0.2) is 16.1 Å². The molecular formula is C19H14N4O4. The van der Waals surface area contributed by atoms with Crippen molar-refractivity contribution in [1.82, 2.24) is 0 Å². The van der Waals surface area contributed by atoms with Gasteiger partial charge in [-0.1, -0.05) is 36.4 Å². The highest BCUT2D eigenvalue weighted by Gasteiger charge is 2.18. The summed E-state index contributed by atoms with van der Waals surface area (Å²) in [5.74, 6) is 0. The van der Waals surface area contributed by atoms with E-state index in [0.29, 0.717) is 0 Å². The third-order valence-electron chi connectivity index (χ3n) is 3.74. The van der Waals surface area contributed by atoms with E-state index in [1.807, 2.05) is 60.7 Å². The summed E-state index contributed by atoms with van der Waals surface area (Å²) in [5.41, 5.74) is 0.979. The SMILES string of the molecule is O=[N+]([O-])c1ccc(/C=N/N(c2ccccc2)c2ccccc2)c([N+](=O)[O-])c1. The summed E-state index contributed by atoms with van der Waals surface area (Å²) in [5, 5.41) is 28.2. The molecule has 0 bridgehead atoms. The summed E-state index contributed by atoms with van der Waals surface area (Å²) in [6.45, 7) is 0. The highest BCUT2D eigenvalue weighted by molar-refractivity contribution is 5.87. The number of hydrogen-bond donors (Lipinski definition) is 0. The van der Waals surface area contributed by atoms with Crippen LogP contribution in [0.2, 0.25) is 0 Å². The molecule has 3 aromatic rings. The Morgan fingerprint density at radius 3 is 1.81 bits per heavy atom. The predicted octanol–water partition coefficient (Wildman–Crippen LogP) is 4.68. The number of hydrogen-bond acceptors (Lipinski definition) is 6. The molecule has 0 N–H and O–H groups in total. The Bertz CT molecular complexity index is 952. The summed E-state index contributed by atoms with van der Waals surface area (Å²) < 4.78 is 0. The number of nitro groups is 2. The lowest BCUT2D eigenvalue weighted by Crippen LogP contribution is -2.09. The van der Waals surface area contributed by atoms with Crippen LogP contribution in [0, 0.1) is 20.2 Å². The number of nitrogens with zero attached hydrogens (tertiary/aromatic N) is 4. The first kappa shape index (κ1) is 17.7. The van der Waals surface area contributed by atoms with Gasteiger partial charge in [-0.15, -0.1) is 0 Å². The number of benzene rings is 3. The molecule has 0 heterocycles. The average Bonchev–Trinajstić information content (AvgIpc) is 2.69.